The third kappa shape index (κ3) is 4.35. The van der Waals surface area contributed by atoms with Gasteiger partial charge in [0.25, 0.3) is 0 Å². The number of nitrogens with two attached hydrogens (primary N) is 1. The molecule has 2 rings (SSSR count). The summed E-state index contributed by atoms with van der Waals surface area (Å²) in [6, 6.07) is 6.43. The van der Waals surface area contributed by atoms with Crippen molar-refractivity contribution < 1.29 is 4.39 Å². The standard InChI is InChI=1S/C14H19FN6/c1-20(2)14-18-12(17-13(16)19-14)9-21(3)8-10-4-6-11(15)7-5-10/h4-7H,8-9H2,1-3H3,(H2,16,17,18,19). The maximum absolute atomic E-state index is 12.9. The molecule has 7 heteroatoms. The molecule has 2 N–H and O–H groups in total. The molecule has 1 aromatic heterocycles. The van der Waals surface area contributed by atoms with Gasteiger partial charge in [0.15, 0.2) is 0 Å². The number of halogens is 1. The number of hydrogen-bond donors (Lipinski definition) is 1. The summed E-state index contributed by atoms with van der Waals surface area (Å²) in [5, 5.41) is 0. The lowest BCUT2D eigenvalue weighted by Gasteiger charge is -2.17. The first-order valence-electron chi connectivity index (χ1n) is 6.55. The number of anilines is 2. The molecule has 1 heterocycles. The van der Waals surface area contributed by atoms with E-state index >= 15 is 0 Å². The number of rotatable bonds is 5. The Bertz CT molecular complexity index is 599. The molecule has 0 fully saturated rings. The zero-order valence-corrected chi connectivity index (χ0v) is 12.4. The summed E-state index contributed by atoms with van der Waals surface area (Å²) in [7, 11) is 5.64. The van der Waals surface area contributed by atoms with E-state index in [9.17, 15) is 4.39 Å². The van der Waals surface area contributed by atoms with E-state index in [2.05, 4.69) is 15.0 Å². The van der Waals surface area contributed by atoms with Crippen LogP contribution >= 0.6 is 0 Å². The molecular weight excluding hydrogens is 271 g/mol. The predicted octanol–water partition coefficient (Wildman–Crippen LogP) is 1.29. The topological polar surface area (TPSA) is 71.2 Å². The van der Waals surface area contributed by atoms with Crippen LogP contribution in [0.1, 0.15) is 11.4 Å². The Labute approximate surface area is 123 Å². The molecule has 0 saturated carbocycles. The van der Waals surface area contributed by atoms with E-state index in [1.54, 1.807) is 17.0 Å². The summed E-state index contributed by atoms with van der Waals surface area (Å²) in [6.45, 7) is 1.20. The highest BCUT2D eigenvalue weighted by atomic mass is 19.1. The van der Waals surface area contributed by atoms with E-state index in [-0.39, 0.29) is 11.8 Å². The second-order valence-corrected chi connectivity index (χ2v) is 5.10. The van der Waals surface area contributed by atoms with Crippen LogP contribution in [0, 0.1) is 5.82 Å². The van der Waals surface area contributed by atoms with Crippen molar-refractivity contribution in [2.45, 2.75) is 13.1 Å². The van der Waals surface area contributed by atoms with E-state index in [1.807, 2.05) is 26.0 Å². The van der Waals surface area contributed by atoms with Crippen LogP contribution in [0.2, 0.25) is 0 Å². The van der Waals surface area contributed by atoms with Gasteiger partial charge in [-0.15, -0.1) is 0 Å². The average Bonchev–Trinajstić information content (AvgIpc) is 2.40. The predicted molar refractivity (Wildman–Crippen MR) is 80.1 cm³/mol. The summed E-state index contributed by atoms with van der Waals surface area (Å²) < 4.78 is 12.9. The van der Waals surface area contributed by atoms with Crippen LogP contribution in [0.15, 0.2) is 24.3 Å². The van der Waals surface area contributed by atoms with Crippen LogP contribution < -0.4 is 10.6 Å². The first-order chi connectivity index (χ1) is 9.94. The summed E-state index contributed by atoms with van der Waals surface area (Å²) in [5.74, 6) is 1.12. The van der Waals surface area contributed by atoms with Gasteiger partial charge in [-0.05, 0) is 24.7 Å². The number of nitrogen functional groups attached to an aromatic ring is 1. The summed E-state index contributed by atoms with van der Waals surface area (Å²) in [6.07, 6.45) is 0. The fraction of sp³-hybridized carbons (Fsp3) is 0.357. The molecule has 0 bridgehead atoms. The Balaban J connectivity index is 2.05. The first-order valence-corrected chi connectivity index (χ1v) is 6.55. The van der Waals surface area contributed by atoms with Gasteiger partial charge in [-0.3, -0.25) is 4.90 Å². The molecule has 0 aliphatic carbocycles. The first kappa shape index (κ1) is 15.1. The van der Waals surface area contributed by atoms with Crippen molar-refractivity contribution in [1.29, 1.82) is 0 Å². The minimum Gasteiger partial charge on any atom is -0.368 e. The van der Waals surface area contributed by atoms with E-state index in [0.29, 0.717) is 24.9 Å². The zero-order chi connectivity index (χ0) is 15.4. The van der Waals surface area contributed by atoms with Gasteiger partial charge < -0.3 is 10.6 Å². The lowest BCUT2D eigenvalue weighted by atomic mass is 10.2. The Morgan fingerprint density at radius 2 is 1.67 bits per heavy atom. The van der Waals surface area contributed by atoms with Gasteiger partial charge in [0.05, 0.1) is 6.54 Å². The lowest BCUT2D eigenvalue weighted by molar-refractivity contribution is 0.310. The smallest absolute Gasteiger partial charge is 0.229 e. The maximum Gasteiger partial charge on any atom is 0.229 e. The molecular formula is C14H19FN6. The fourth-order valence-electron chi connectivity index (χ4n) is 1.89. The van der Waals surface area contributed by atoms with Gasteiger partial charge in [-0.2, -0.15) is 15.0 Å². The SMILES string of the molecule is CN(Cc1ccc(F)cc1)Cc1nc(N)nc(N(C)C)n1. The van der Waals surface area contributed by atoms with Crippen molar-refractivity contribution in [3.8, 4) is 0 Å². The van der Waals surface area contributed by atoms with Crippen molar-refractivity contribution in [2.75, 3.05) is 31.8 Å². The number of benzene rings is 1. The minimum atomic E-state index is -0.234. The van der Waals surface area contributed by atoms with Gasteiger partial charge >= 0.3 is 0 Å². The van der Waals surface area contributed by atoms with E-state index in [0.717, 1.165) is 5.56 Å². The number of hydrogen-bond acceptors (Lipinski definition) is 6. The fourth-order valence-corrected chi connectivity index (χ4v) is 1.89. The third-order valence-electron chi connectivity index (χ3n) is 2.86. The van der Waals surface area contributed by atoms with Gasteiger partial charge in [0.2, 0.25) is 11.9 Å². The van der Waals surface area contributed by atoms with Gasteiger partial charge in [0.1, 0.15) is 11.6 Å². The summed E-state index contributed by atoms with van der Waals surface area (Å²) >= 11 is 0. The molecule has 0 spiro atoms. The molecule has 0 atom stereocenters. The molecule has 0 aliphatic rings. The Kier molecular flexibility index (Phi) is 4.64. The molecule has 0 radical (unpaired) electrons. The molecule has 0 aliphatic heterocycles. The van der Waals surface area contributed by atoms with Crippen LogP contribution in [0.4, 0.5) is 16.3 Å². The largest absolute Gasteiger partial charge is 0.368 e. The van der Waals surface area contributed by atoms with Gasteiger partial charge in [-0.25, -0.2) is 4.39 Å². The van der Waals surface area contributed by atoms with E-state index in [4.69, 9.17) is 5.73 Å². The van der Waals surface area contributed by atoms with Crippen LogP contribution in [-0.4, -0.2) is 41.0 Å². The molecule has 112 valence electrons. The third-order valence-corrected chi connectivity index (χ3v) is 2.86. The molecule has 1 aromatic carbocycles. The Hall–Kier alpha value is -2.28. The van der Waals surface area contributed by atoms with Crippen molar-refractivity contribution in [3.05, 3.63) is 41.5 Å². The number of aromatic nitrogens is 3. The summed E-state index contributed by atoms with van der Waals surface area (Å²) in [4.78, 5) is 16.4. The van der Waals surface area contributed by atoms with Crippen LogP contribution in [-0.2, 0) is 13.1 Å². The molecule has 0 saturated heterocycles. The monoisotopic (exact) mass is 290 g/mol. The summed E-state index contributed by atoms with van der Waals surface area (Å²) in [5.41, 5.74) is 6.72. The van der Waals surface area contributed by atoms with Crippen molar-refractivity contribution in [2.24, 2.45) is 0 Å². The average molecular weight is 290 g/mol. The maximum atomic E-state index is 12.9. The van der Waals surface area contributed by atoms with Crippen molar-refractivity contribution in [1.82, 2.24) is 19.9 Å². The molecule has 2 aromatic rings. The molecule has 0 unspecified atom stereocenters. The lowest BCUT2D eigenvalue weighted by Crippen LogP contribution is -2.22. The molecule has 0 amide bonds. The quantitative estimate of drug-likeness (QED) is 0.894. The second kappa shape index (κ2) is 6.45. The van der Waals surface area contributed by atoms with E-state index < -0.39 is 0 Å². The zero-order valence-electron chi connectivity index (χ0n) is 12.4. The highest BCUT2D eigenvalue weighted by molar-refractivity contribution is 5.32. The highest BCUT2D eigenvalue weighted by Gasteiger charge is 2.09. The van der Waals surface area contributed by atoms with Gasteiger partial charge in [-0.1, -0.05) is 12.1 Å². The van der Waals surface area contributed by atoms with E-state index in [1.165, 1.54) is 12.1 Å². The molecule has 6 nitrogen and oxygen atoms in total. The number of nitrogens with zero attached hydrogens (tertiary/aromatic N) is 5. The molecule has 21 heavy (non-hydrogen) atoms. The minimum absolute atomic E-state index is 0.207. The van der Waals surface area contributed by atoms with Crippen LogP contribution in [0.3, 0.4) is 0 Å². The Morgan fingerprint density at radius 1 is 1.00 bits per heavy atom. The van der Waals surface area contributed by atoms with Crippen molar-refractivity contribution >= 4 is 11.9 Å². The van der Waals surface area contributed by atoms with Crippen molar-refractivity contribution in [3.63, 3.8) is 0 Å². The normalized spacial score (nSPS) is 10.9. The highest BCUT2D eigenvalue weighted by Crippen LogP contribution is 2.10. The second-order valence-electron chi connectivity index (χ2n) is 5.10. The Morgan fingerprint density at radius 3 is 2.29 bits per heavy atom. The van der Waals surface area contributed by atoms with Gasteiger partial charge in [0, 0.05) is 20.6 Å². The van der Waals surface area contributed by atoms with Crippen LogP contribution in [0.5, 0.6) is 0 Å². The van der Waals surface area contributed by atoms with Crippen LogP contribution in [0.25, 0.3) is 0 Å².